The Morgan fingerprint density at radius 1 is 1.09 bits per heavy atom. The molecule has 10 nitrogen and oxygen atoms in total. The van der Waals surface area contributed by atoms with E-state index < -0.39 is 0 Å². The molecule has 1 saturated heterocycles. The summed E-state index contributed by atoms with van der Waals surface area (Å²) in [5.41, 5.74) is 3.80. The van der Waals surface area contributed by atoms with E-state index in [0.717, 1.165) is 54.0 Å². The highest BCUT2D eigenvalue weighted by atomic mass is 16.5. The third-order valence-corrected chi connectivity index (χ3v) is 8.84. The number of carbonyl (C=O) groups excluding carboxylic acids is 1. The van der Waals surface area contributed by atoms with Gasteiger partial charge in [-0.1, -0.05) is 24.8 Å². The molecule has 1 aliphatic carbocycles. The Balaban J connectivity index is 0.934. The molecule has 2 aromatic heterocycles. The summed E-state index contributed by atoms with van der Waals surface area (Å²) in [6.07, 6.45) is 7.77. The van der Waals surface area contributed by atoms with Crippen LogP contribution in [-0.4, -0.2) is 59.3 Å². The second-order valence-corrected chi connectivity index (χ2v) is 12.1. The van der Waals surface area contributed by atoms with Crippen LogP contribution in [0.15, 0.2) is 103 Å². The zero-order valence-corrected chi connectivity index (χ0v) is 26.2. The van der Waals surface area contributed by atoms with Gasteiger partial charge in [0.15, 0.2) is 0 Å². The molecule has 0 radical (unpaired) electrons. The molecular formula is C36H38N6O4. The van der Waals surface area contributed by atoms with Gasteiger partial charge < -0.3 is 24.8 Å². The number of ether oxygens (including phenoxy) is 3. The number of hydrazine groups is 1. The van der Waals surface area contributed by atoms with Crippen LogP contribution in [0.4, 0.5) is 11.5 Å². The zero-order chi connectivity index (χ0) is 31.7. The van der Waals surface area contributed by atoms with E-state index in [0.29, 0.717) is 41.2 Å². The van der Waals surface area contributed by atoms with Gasteiger partial charge in [0, 0.05) is 36.4 Å². The summed E-state index contributed by atoms with van der Waals surface area (Å²) in [5.74, 6) is 2.09. The summed E-state index contributed by atoms with van der Waals surface area (Å²) < 4.78 is 18.1. The largest absolute Gasteiger partial charge is 0.493 e. The first kappa shape index (κ1) is 29.8. The Bertz CT molecular complexity index is 1790. The lowest BCUT2D eigenvalue weighted by molar-refractivity contribution is -0.112. The van der Waals surface area contributed by atoms with Crippen molar-refractivity contribution in [1.29, 1.82) is 0 Å². The monoisotopic (exact) mass is 618 g/mol. The number of aromatic nitrogens is 2. The highest BCUT2D eigenvalue weighted by Crippen LogP contribution is 2.47. The van der Waals surface area contributed by atoms with Gasteiger partial charge in [-0.15, -0.1) is 0 Å². The maximum Gasteiger partial charge on any atom is 0.260 e. The van der Waals surface area contributed by atoms with E-state index in [1.165, 1.54) is 12.8 Å². The molecule has 236 valence electrons. The van der Waals surface area contributed by atoms with Crippen LogP contribution >= 0.6 is 0 Å². The summed E-state index contributed by atoms with van der Waals surface area (Å²) >= 11 is 0. The van der Waals surface area contributed by atoms with Gasteiger partial charge in [-0.2, -0.15) is 0 Å². The molecule has 1 saturated carbocycles. The van der Waals surface area contributed by atoms with Gasteiger partial charge in [0.2, 0.25) is 0 Å². The van der Waals surface area contributed by atoms with E-state index in [1.54, 1.807) is 24.5 Å². The Morgan fingerprint density at radius 2 is 1.91 bits per heavy atom. The van der Waals surface area contributed by atoms with E-state index in [9.17, 15) is 4.79 Å². The molecule has 7 rings (SSSR count). The lowest BCUT2D eigenvalue weighted by Crippen LogP contribution is -2.32. The minimum atomic E-state index is -0.279. The Morgan fingerprint density at radius 3 is 2.67 bits per heavy atom. The van der Waals surface area contributed by atoms with Crippen molar-refractivity contribution in [1.82, 2.24) is 20.3 Å². The summed E-state index contributed by atoms with van der Waals surface area (Å²) in [4.78, 5) is 22.3. The average Bonchev–Trinajstić information content (AvgIpc) is 3.64. The van der Waals surface area contributed by atoms with E-state index in [4.69, 9.17) is 14.2 Å². The maximum atomic E-state index is 13.3. The first-order valence-corrected chi connectivity index (χ1v) is 15.7. The second-order valence-electron chi connectivity index (χ2n) is 12.1. The first-order chi connectivity index (χ1) is 22.4. The molecule has 4 aromatic rings. The number of benzene rings is 2. The van der Waals surface area contributed by atoms with E-state index >= 15 is 0 Å². The highest BCUT2D eigenvalue weighted by molar-refractivity contribution is 6.08. The minimum Gasteiger partial charge on any atom is -0.493 e. The molecule has 2 N–H and O–H groups in total. The SMILES string of the molecule is C=C1C(C(=O)Nc2ccc(Oc3ccnc4cc(OCCCNC5COC6(CC6)C5)ccc34)cn2)=C(C)N(C)N1c1ccccc1. The van der Waals surface area contributed by atoms with Crippen molar-refractivity contribution in [2.75, 3.05) is 37.1 Å². The third-order valence-electron chi connectivity index (χ3n) is 8.84. The number of amides is 1. The number of hydrogen-bond acceptors (Lipinski definition) is 9. The molecular weight excluding hydrogens is 580 g/mol. The number of para-hydroxylation sites is 1. The van der Waals surface area contributed by atoms with Crippen LogP contribution in [0.25, 0.3) is 10.9 Å². The fourth-order valence-corrected chi connectivity index (χ4v) is 6.13. The number of fused-ring (bicyclic) bond motifs is 1. The van der Waals surface area contributed by atoms with Crippen molar-refractivity contribution in [3.63, 3.8) is 0 Å². The maximum absolute atomic E-state index is 13.3. The molecule has 2 fully saturated rings. The lowest BCUT2D eigenvalue weighted by atomic mass is 10.1. The molecule has 1 spiro atoms. The molecule has 2 aliphatic heterocycles. The van der Waals surface area contributed by atoms with E-state index in [2.05, 4.69) is 27.2 Å². The standard InChI is InChI=1S/C36H38N6O4/c1-24-34(25(2)42(41(24)3)27-8-5-4-6-9-27)35(43)40-33-13-11-29(22-39-33)46-32-14-18-38-31-20-28(10-12-30(31)32)44-19-7-17-37-26-21-36(15-16-36)45-23-26/h4-6,8-14,18,20,22,26,37H,2,7,15-17,19,21,23H2,1,3H3,(H,39,40,43). The number of anilines is 2. The van der Waals surface area contributed by atoms with Crippen LogP contribution in [0.5, 0.6) is 17.2 Å². The predicted octanol–water partition coefficient (Wildman–Crippen LogP) is 6.20. The van der Waals surface area contributed by atoms with Crippen molar-refractivity contribution < 1.29 is 19.0 Å². The molecule has 3 aliphatic rings. The van der Waals surface area contributed by atoms with Crippen molar-refractivity contribution in [2.24, 2.45) is 0 Å². The number of hydrogen-bond donors (Lipinski definition) is 2. The van der Waals surface area contributed by atoms with Gasteiger partial charge in [-0.05, 0) is 81.6 Å². The minimum absolute atomic E-state index is 0.208. The number of carbonyl (C=O) groups is 1. The molecule has 2 aromatic carbocycles. The van der Waals surface area contributed by atoms with Gasteiger partial charge in [-0.3, -0.25) is 19.8 Å². The predicted molar refractivity (Wildman–Crippen MR) is 178 cm³/mol. The highest BCUT2D eigenvalue weighted by Gasteiger charge is 2.49. The molecule has 4 heterocycles. The Labute approximate surface area is 268 Å². The second kappa shape index (κ2) is 12.5. The summed E-state index contributed by atoms with van der Waals surface area (Å²) in [5, 5.41) is 11.2. The summed E-state index contributed by atoms with van der Waals surface area (Å²) in [7, 11) is 1.91. The van der Waals surface area contributed by atoms with E-state index in [-0.39, 0.29) is 11.5 Å². The number of allylic oxidation sites excluding steroid dienone is 1. The number of pyridine rings is 2. The Hall–Kier alpha value is -4.93. The van der Waals surface area contributed by atoms with Crippen LogP contribution in [-0.2, 0) is 9.53 Å². The molecule has 1 amide bonds. The van der Waals surface area contributed by atoms with Crippen LogP contribution in [0, 0.1) is 0 Å². The third kappa shape index (κ3) is 6.14. The first-order valence-electron chi connectivity index (χ1n) is 15.7. The fraction of sp³-hybridized carbons (Fsp3) is 0.306. The molecule has 1 unspecified atom stereocenters. The van der Waals surface area contributed by atoms with Crippen molar-refractivity contribution in [2.45, 2.75) is 44.2 Å². The van der Waals surface area contributed by atoms with Crippen LogP contribution in [0.3, 0.4) is 0 Å². The van der Waals surface area contributed by atoms with Gasteiger partial charge in [0.25, 0.3) is 5.91 Å². The van der Waals surface area contributed by atoms with Gasteiger partial charge in [0.1, 0.15) is 23.1 Å². The normalized spacial score (nSPS) is 18.5. The van der Waals surface area contributed by atoms with Gasteiger partial charge in [-0.25, -0.2) is 4.98 Å². The van der Waals surface area contributed by atoms with Crippen LogP contribution in [0.2, 0.25) is 0 Å². The number of nitrogens with one attached hydrogen (secondary N) is 2. The quantitative estimate of drug-likeness (QED) is 0.191. The number of rotatable bonds is 11. The van der Waals surface area contributed by atoms with Crippen molar-refractivity contribution in [3.05, 3.63) is 103 Å². The van der Waals surface area contributed by atoms with Gasteiger partial charge >= 0.3 is 0 Å². The van der Waals surface area contributed by atoms with Crippen molar-refractivity contribution in [3.8, 4) is 17.2 Å². The molecule has 0 bridgehead atoms. The molecule has 1 atom stereocenters. The smallest absolute Gasteiger partial charge is 0.260 e. The molecule has 46 heavy (non-hydrogen) atoms. The zero-order valence-electron chi connectivity index (χ0n) is 26.2. The van der Waals surface area contributed by atoms with Crippen LogP contribution in [0.1, 0.15) is 32.6 Å². The van der Waals surface area contributed by atoms with Gasteiger partial charge in [0.05, 0.1) is 47.5 Å². The van der Waals surface area contributed by atoms with Crippen LogP contribution < -0.4 is 25.1 Å². The van der Waals surface area contributed by atoms with E-state index in [1.807, 2.05) is 78.6 Å². The fourth-order valence-electron chi connectivity index (χ4n) is 6.13. The topological polar surface area (TPSA) is 101 Å². The van der Waals surface area contributed by atoms with Crippen molar-refractivity contribution >= 4 is 28.3 Å². The Kier molecular flexibility index (Phi) is 8.06. The summed E-state index contributed by atoms with van der Waals surface area (Å²) in [6.45, 7) is 8.44. The summed E-state index contributed by atoms with van der Waals surface area (Å²) in [6, 6.07) is 21.4. The molecule has 10 heteroatoms. The number of nitrogens with zero attached hydrogens (tertiary/aromatic N) is 4. The lowest BCUT2D eigenvalue weighted by Gasteiger charge is -2.29. The average molecular weight is 619 g/mol.